The monoisotopic (exact) mass is 345 g/mol. The summed E-state index contributed by atoms with van der Waals surface area (Å²) in [6.45, 7) is 4.93. The van der Waals surface area contributed by atoms with Crippen molar-refractivity contribution in [2.75, 3.05) is 13.6 Å². The summed E-state index contributed by atoms with van der Waals surface area (Å²) < 4.78 is 27.7. The fraction of sp³-hybridized carbons (Fsp3) is 0.462. The number of thiophene rings is 1. The molecule has 0 aliphatic carbocycles. The molecule has 0 aliphatic rings. The van der Waals surface area contributed by atoms with E-state index in [-0.39, 0.29) is 5.92 Å². The normalized spacial score (nSPS) is 13.5. The highest BCUT2D eigenvalue weighted by molar-refractivity contribution is 7.91. The molecule has 2 rings (SSSR count). The van der Waals surface area contributed by atoms with Crippen LogP contribution in [0.1, 0.15) is 28.3 Å². The molecule has 5 nitrogen and oxygen atoms in total. The Kier molecular flexibility index (Phi) is 5.50. The molecule has 116 valence electrons. The number of nitrogens with one attached hydrogen (secondary N) is 2. The first-order valence-corrected chi connectivity index (χ1v) is 9.75. The lowest BCUT2D eigenvalue weighted by atomic mass is 10.2. The van der Waals surface area contributed by atoms with Gasteiger partial charge in [-0.2, -0.15) is 0 Å². The molecule has 0 aromatic carbocycles. The summed E-state index contributed by atoms with van der Waals surface area (Å²) in [5, 5.41) is 5.88. The Balaban J connectivity index is 2.06. The summed E-state index contributed by atoms with van der Waals surface area (Å²) in [4.78, 5) is 5.26. The molecule has 0 fully saturated rings. The Hall–Kier alpha value is -0.800. The molecule has 2 aromatic rings. The van der Waals surface area contributed by atoms with Crippen molar-refractivity contribution in [3.8, 4) is 0 Å². The van der Waals surface area contributed by atoms with Crippen LogP contribution in [-0.4, -0.2) is 27.0 Å². The molecule has 1 unspecified atom stereocenters. The molecule has 21 heavy (non-hydrogen) atoms. The zero-order valence-corrected chi connectivity index (χ0v) is 14.7. The number of sulfonamides is 1. The molecule has 0 radical (unpaired) electrons. The van der Waals surface area contributed by atoms with Crippen LogP contribution in [0.5, 0.6) is 0 Å². The van der Waals surface area contributed by atoms with Crippen LogP contribution in [-0.2, 0) is 16.6 Å². The van der Waals surface area contributed by atoms with E-state index in [1.54, 1.807) is 12.3 Å². The largest absolute Gasteiger partial charge is 0.315 e. The van der Waals surface area contributed by atoms with E-state index in [9.17, 15) is 8.42 Å². The summed E-state index contributed by atoms with van der Waals surface area (Å²) in [5.74, 6) is 0.0672. The average Bonchev–Trinajstić information content (AvgIpc) is 3.07. The minimum atomic E-state index is -3.45. The lowest BCUT2D eigenvalue weighted by Crippen LogP contribution is -2.27. The van der Waals surface area contributed by atoms with Crippen molar-refractivity contribution in [3.63, 3.8) is 0 Å². The highest BCUT2D eigenvalue weighted by Gasteiger charge is 2.20. The first kappa shape index (κ1) is 16.6. The summed E-state index contributed by atoms with van der Waals surface area (Å²) in [6.07, 6.45) is 1.73. The Morgan fingerprint density at radius 1 is 1.43 bits per heavy atom. The second-order valence-corrected chi connectivity index (χ2v) is 8.88. The van der Waals surface area contributed by atoms with E-state index in [4.69, 9.17) is 0 Å². The van der Waals surface area contributed by atoms with Crippen LogP contribution in [0.2, 0.25) is 0 Å². The highest BCUT2D eigenvalue weighted by Crippen LogP contribution is 2.26. The van der Waals surface area contributed by atoms with E-state index in [2.05, 4.69) is 15.0 Å². The van der Waals surface area contributed by atoms with Crippen LogP contribution in [0.25, 0.3) is 0 Å². The minimum Gasteiger partial charge on any atom is -0.315 e. The van der Waals surface area contributed by atoms with Crippen molar-refractivity contribution in [1.82, 2.24) is 15.0 Å². The molecule has 0 saturated heterocycles. The first-order valence-electron chi connectivity index (χ1n) is 6.57. The molecule has 0 saturated carbocycles. The van der Waals surface area contributed by atoms with Gasteiger partial charge in [0.25, 0.3) is 0 Å². The predicted octanol–water partition coefficient (Wildman–Crippen LogP) is 2.31. The highest BCUT2D eigenvalue weighted by atomic mass is 32.2. The van der Waals surface area contributed by atoms with Gasteiger partial charge >= 0.3 is 0 Å². The zero-order chi connectivity index (χ0) is 15.5. The van der Waals surface area contributed by atoms with Gasteiger partial charge in [0.05, 0.1) is 5.01 Å². The van der Waals surface area contributed by atoms with Crippen LogP contribution in [0.15, 0.2) is 21.9 Å². The van der Waals surface area contributed by atoms with Crippen molar-refractivity contribution < 1.29 is 8.42 Å². The van der Waals surface area contributed by atoms with Gasteiger partial charge in [0.2, 0.25) is 10.0 Å². The van der Waals surface area contributed by atoms with E-state index in [0.717, 1.165) is 15.4 Å². The van der Waals surface area contributed by atoms with E-state index in [1.807, 2.05) is 26.3 Å². The summed E-state index contributed by atoms with van der Waals surface area (Å²) in [6, 6.07) is 1.73. The van der Waals surface area contributed by atoms with Crippen LogP contribution in [0.4, 0.5) is 0 Å². The topological polar surface area (TPSA) is 71.1 Å². The van der Waals surface area contributed by atoms with Crippen LogP contribution in [0, 0.1) is 6.92 Å². The third kappa shape index (κ3) is 4.10. The minimum absolute atomic E-state index is 0.0672. The number of hydrogen-bond donors (Lipinski definition) is 2. The maximum atomic E-state index is 12.3. The third-order valence-electron chi connectivity index (χ3n) is 3.05. The van der Waals surface area contributed by atoms with E-state index in [0.29, 0.717) is 17.3 Å². The fourth-order valence-electron chi connectivity index (χ4n) is 1.83. The lowest BCUT2D eigenvalue weighted by Gasteiger charge is -2.09. The van der Waals surface area contributed by atoms with Crippen molar-refractivity contribution in [2.45, 2.75) is 30.5 Å². The predicted molar refractivity (Wildman–Crippen MR) is 87.5 cm³/mol. The molecule has 2 heterocycles. The van der Waals surface area contributed by atoms with Crippen molar-refractivity contribution in [1.29, 1.82) is 0 Å². The van der Waals surface area contributed by atoms with Gasteiger partial charge in [0.15, 0.2) is 0 Å². The maximum Gasteiger partial charge on any atom is 0.250 e. The molecule has 1 atom stereocenters. The van der Waals surface area contributed by atoms with E-state index in [1.165, 1.54) is 22.7 Å². The van der Waals surface area contributed by atoms with Crippen LogP contribution in [0.3, 0.4) is 0 Å². The Labute approximate surface area is 133 Å². The number of aryl methyl sites for hydroxylation is 1. The van der Waals surface area contributed by atoms with Gasteiger partial charge in [-0.1, -0.05) is 6.92 Å². The summed E-state index contributed by atoms with van der Waals surface area (Å²) in [7, 11) is -1.60. The Bertz CT molecular complexity index is 678. The molecular weight excluding hydrogens is 326 g/mol. The molecule has 2 N–H and O–H groups in total. The molecule has 0 bridgehead atoms. The third-order valence-corrected chi connectivity index (χ3v) is 7.19. The number of rotatable bonds is 7. The molecule has 8 heteroatoms. The number of hydrogen-bond acceptors (Lipinski definition) is 6. The lowest BCUT2D eigenvalue weighted by molar-refractivity contribution is 0.576. The van der Waals surface area contributed by atoms with Crippen molar-refractivity contribution in [3.05, 3.63) is 33.1 Å². The van der Waals surface area contributed by atoms with Gasteiger partial charge in [0, 0.05) is 35.5 Å². The number of aromatic nitrogens is 1. The summed E-state index contributed by atoms with van der Waals surface area (Å²) in [5.41, 5.74) is 1.00. The van der Waals surface area contributed by atoms with E-state index >= 15 is 0 Å². The van der Waals surface area contributed by atoms with Crippen molar-refractivity contribution in [2.24, 2.45) is 0 Å². The second-order valence-electron chi connectivity index (χ2n) is 4.83. The van der Waals surface area contributed by atoms with Gasteiger partial charge in [-0.3, -0.25) is 0 Å². The smallest absolute Gasteiger partial charge is 0.250 e. The molecule has 0 amide bonds. The fourth-order valence-corrected chi connectivity index (χ4v) is 5.30. The van der Waals surface area contributed by atoms with Gasteiger partial charge in [0.1, 0.15) is 4.21 Å². The van der Waals surface area contributed by atoms with Gasteiger partial charge in [-0.05, 0) is 25.6 Å². The average molecular weight is 346 g/mol. The zero-order valence-electron chi connectivity index (χ0n) is 12.2. The first-order chi connectivity index (χ1) is 9.94. The second kappa shape index (κ2) is 6.97. The van der Waals surface area contributed by atoms with Crippen molar-refractivity contribution >= 4 is 32.7 Å². The number of nitrogens with zero attached hydrogens (tertiary/aromatic N) is 1. The standard InChI is InChI=1S/C13H19N3O2S3/c1-9-6-12(20-11(9)8-14-3)21(17,18)16-7-10(2)13-15-4-5-19-13/h4-6,10,14,16H,7-8H2,1-3H3. The van der Waals surface area contributed by atoms with Gasteiger partial charge in [-0.15, -0.1) is 22.7 Å². The molecule has 0 aliphatic heterocycles. The Morgan fingerprint density at radius 2 is 2.19 bits per heavy atom. The quantitative estimate of drug-likeness (QED) is 0.808. The van der Waals surface area contributed by atoms with Gasteiger partial charge < -0.3 is 5.32 Å². The maximum absolute atomic E-state index is 12.3. The summed E-state index contributed by atoms with van der Waals surface area (Å²) >= 11 is 2.85. The molecule has 0 spiro atoms. The number of thiazole rings is 1. The molecule has 2 aromatic heterocycles. The molecular formula is C13H19N3O2S3. The Morgan fingerprint density at radius 3 is 2.81 bits per heavy atom. The van der Waals surface area contributed by atoms with Crippen LogP contribution >= 0.6 is 22.7 Å². The van der Waals surface area contributed by atoms with E-state index < -0.39 is 10.0 Å². The van der Waals surface area contributed by atoms with Gasteiger partial charge in [-0.25, -0.2) is 18.1 Å². The SMILES string of the molecule is CNCc1sc(S(=O)(=O)NCC(C)c2nccs2)cc1C. The van der Waals surface area contributed by atoms with Crippen LogP contribution < -0.4 is 10.0 Å².